The maximum absolute atomic E-state index is 11.5. The van der Waals surface area contributed by atoms with Crippen molar-refractivity contribution in [2.75, 3.05) is 18.8 Å². The third-order valence-corrected chi connectivity index (χ3v) is 2.64. The van der Waals surface area contributed by atoms with E-state index in [1.165, 1.54) is 0 Å². The third-order valence-electron chi connectivity index (χ3n) is 2.35. The molecule has 0 rings (SSSR count). The van der Waals surface area contributed by atoms with Gasteiger partial charge in [0.1, 0.15) is 6.04 Å². The lowest BCUT2D eigenvalue weighted by Crippen LogP contribution is -2.47. The molecule has 6 N–H and O–H groups in total. The fourth-order valence-electron chi connectivity index (χ4n) is 1.27. The molecule has 22 heavy (non-hydrogen) atoms. The van der Waals surface area contributed by atoms with Crippen molar-refractivity contribution < 1.29 is 29.1 Å². The van der Waals surface area contributed by atoms with Gasteiger partial charge >= 0.3 is 5.97 Å². The van der Waals surface area contributed by atoms with Gasteiger partial charge in [-0.2, -0.15) is 12.6 Å². The van der Waals surface area contributed by atoms with E-state index in [-0.39, 0.29) is 25.1 Å². The molecular weight excluding hydrogens is 316 g/mol. The van der Waals surface area contributed by atoms with E-state index in [2.05, 4.69) is 28.6 Å². The van der Waals surface area contributed by atoms with Crippen molar-refractivity contribution in [3.8, 4) is 0 Å². The summed E-state index contributed by atoms with van der Waals surface area (Å²) in [6, 6.07) is -1.28. The zero-order valence-electron chi connectivity index (χ0n) is 11.6. The van der Waals surface area contributed by atoms with Crippen LogP contribution in [0.25, 0.3) is 0 Å². The highest BCUT2D eigenvalue weighted by atomic mass is 32.1. The van der Waals surface area contributed by atoms with Crippen LogP contribution in [-0.4, -0.2) is 59.6 Å². The van der Waals surface area contributed by atoms with Gasteiger partial charge in [0.05, 0.1) is 18.8 Å². The molecule has 11 heteroatoms. The smallest absolute Gasteiger partial charge is 0.326 e. The van der Waals surface area contributed by atoms with E-state index in [9.17, 15) is 24.0 Å². The summed E-state index contributed by atoms with van der Waals surface area (Å²) in [5, 5.41) is 15.5. The molecule has 10 nitrogen and oxygen atoms in total. The van der Waals surface area contributed by atoms with E-state index >= 15 is 0 Å². The standard InChI is InChI=1S/C11H18N4O6S/c12-7(16)2-1-6(11(20)21)15-9(18)4-13-8(17)3-14-10(19)5-22/h6,22H,1-5H2,(H2,12,16)(H,13,17)(H,14,19)(H,15,18)(H,20,21). The van der Waals surface area contributed by atoms with Gasteiger partial charge in [0, 0.05) is 6.42 Å². The summed E-state index contributed by atoms with van der Waals surface area (Å²) < 4.78 is 0. The second-order valence-corrected chi connectivity index (χ2v) is 4.49. The quantitative estimate of drug-likeness (QED) is 0.232. The topological polar surface area (TPSA) is 168 Å². The third kappa shape index (κ3) is 9.58. The molecule has 0 aliphatic rings. The Morgan fingerprint density at radius 2 is 1.55 bits per heavy atom. The van der Waals surface area contributed by atoms with Gasteiger partial charge in [-0.1, -0.05) is 0 Å². The molecule has 1 atom stereocenters. The fourth-order valence-corrected chi connectivity index (χ4v) is 1.38. The largest absolute Gasteiger partial charge is 0.480 e. The van der Waals surface area contributed by atoms with Crippen LogP contribution in [0, 0.1) is 0 Å². The second kappa shape index (κ2) is 10.4. The molecule has 0 aromatic rings. The van der Waals surface area contributed by atoms with Gasteiger partial charge in [0.15, 0.2) is 0 Å². The Labute approximate surface area is 131 Å². The van der Waals surface area contributed by atoms with Gasteiger partial charge in [-0.15, -0.1) is 0 Å². The Morgan fingerprint density at radius 1 is 1.00 bits per heavy atom. The SMILES string of the molecule is NC(=O)CCC(NC(=O)CNC(=O)CNC(=O)CS)C(=O)O. The Hall–Kier alpha value is -2.30. The minimum absolute atomic E-state index is 0.0755. The van der Waals surface area contributed by atoms with Crippen LogP contribution in [0.4, 0.5) is 0 Å². The van der Waals surface area contributed by atoms with Crippen LogP contribution in [0.1, 0.15) is 12.8 Å². The minimum atomic E-state index is -1.32. The number of amides is 4. The number of carbonyl (C=O) groups excluding carboxylic acids is 4. The van der Waals surface area contributed by atoms with Gasteiger partial charge in [0.25, 0.3) is 0 Å². The first-order chi connectivity index (χ1) is 10.3. The molecule has 0 aliphatic heterocycles. The summed E-state index contributed by atoms with van der Waals surface area (Å²) in [6.45, 7) is -0.785. The van der Waals surface area contributed by atoms with Crippen molar-refractivity contribution in [3.05, 3.63) is 0 Å². The van der Waals surface area contributed by atoms with Crippen LogP contribution in [-0.2, 0) is 24.0 Å². The normalized spacial score (nSPS) is 11.1. The van der Waals surface area contributed by atoms with Crippen molar-refractivity contribution in [1.82, 2.24) is 16.0 Å². The number of thiol groups is 1. The number of aliphatic carboxylic acids is 1. The van der Waals surface area contributed by atoms with Crippen LogP contribution in [0.5, 0.6) is 0 Å². The number of primary amides is 1. The number of hydrogen-bond acceptors (Lipinski definition) is 6. The van der Waals surface area contributed by atoms with Crippen LogP contribution in [0.3, 0.4) is 0 Å². The Balaban J connectivity index is 4.13. The molecule has 0 heterocycles. The molecule has 4 amide bonds. The highest BCUT2D eigenvalue weighted by Gasteiger charge is 2.20. The first-order valence-corrected chi connectivity index (χ1v) is 6.84. The zero-order valence-corrected chi connectivity index (χ0v) is 12.5. The van der Waals surface area contributed by atoms with Crippen LogP contribution >= 0.6 is 12.6 Å². The molecule has 124 valence electrons. The highest BCUT2D eigenvalue weighted by molar-refractivity contribution is 7.81. The van der Waals surface area contributed by atoms with Crippen molar-refractivity contribution >= 4 is 42.2 Å². The summed E-state index contributed by atoms with van der Waals surface area (Å²) in [5.41, 5.74) is 4.90. The van der Waals surface area contributed by atoms with E-state index in [1.54, 1.807) is 0 Å². The lowest BCUT2D eigenvalue weighted by Gasteiger charge is -2.14. The van der Waals surface area contributed by atoms with Crippen LogP contribution < -0.4 is 21.7 Å². The van der Waals surface area contributed by atoms with Gasteiger partial charge in [-0.05, 0) is 6.42 Å². The average Bonchev–Trinajstić information content (AvgIpc) is 2.46. The van der Waals surface area contributed by atoms with Gasteiger partial charge in [-0.3, -0.25) is 19.2 Å². The first kappa shape index (κ1) is 19.7. The van der Waals surface area contributed by atoms with Gasteiger partial charge < -0.3 is 26.8 Å². The van der Waals surface area contributed by atoms with E-state index in [4.69, 9.17) is 10.8 Å². The molecule has 0 saturated heterocycles. The number of nitrogens with two attached hydrogens (primary N) is 1. The van der Waals surface area contributed by atoms with Crippen molar-refractivity contribution in [1.29, 1.82) is 0 Å². The first-order valence-electron chi connectivity index (χ1n) is 6.21. The molecule has 0 aliphatic carbocycles. The van der Waals surface area contributed by atoms with E-state index in [0.717, 1.165) is 0 Å². The number of nitrogens with one attached hydrogen (secondary N) is 3. The number of hydrogen-bond donors (Lipinski definition) is 6. The predicted molar refractivity (Wildman–Crippen MR) is 77.9 cm³/mol. The molecule has 0 saturated carbocycles. The fraction of sp³-hybridized carbons (Fsp3) is 0.545. The van der Waals surface area contributed by atoms with E-state index < -0.39 is 42.2 Å². The molecule has 0 radical (unpaired) electrons. The number of carboxylic acid groups (broad SMARTS) is 1. The van der Waals surface area contributed by atoms with Gasteiger partial charge in [0.2, 0.25) is 23.6 Å². The lowest BCUT2D eigenvalue weighted by molar-refractivity contribution is -0.142. The Kier molecular flexibility index (Phi) is 9.34. The molecule has 1 unspecified atom stereocenters. The number of rotatable bonds is 10. The second-order valence-electron chi connectivity index (χ2n) is 4.17. The lowest BCUT2D eigenvalue weighted by atomic mass is 10.1. The van der Waals surface area contributed by atoms with Crippen molar-refractivity contribution in [3.63, 3.8) is 0 Å². The van der Waals surface area contributed by atoms with Crippen LogP contribution in [0.15, 0.2) is 0 Å². The molecule has 0 aromatic carbocycles. The minimum Gasteiger partial charge on any atom is -0.480 e. The number of carbonyl (C=O) groups is 5. The maximum atomic E-state index is 11.5. The summed E-state index contributed by atoms with van der Waals surface area (Å²) in [4.78, 5) is 55.1. The maximum Gasteiger partial charge on any atom is 0.326 e. The van der Waals surface area contributed by atoms with Crippen molar-refractivity contribution in [2.45, 2.75) is 18.9 Å². The Bertz CT molecular complexity index is 456. The van der Waals surface area contributed by atoms with E-state index in [0.29, 0.717) is 0 Å². The predicted octanol–water partition coefficient (Wildman–Crippen LogP) is -3.02. The number of carboxylic acids is 1. The molecule has 0 bridgehead atoms. The monoisotopic (exact) mass is 334 g/mol. The molecule has 0 spiro atoms. The summed E-state index contributed by atoms with van der Waals surface area (Å²) >= 11 is 3.70. The molecule has 0 aromatic heterocycles. The summed E-state index contributed by atoms with van der Waals surface area (Å²) in [7, 11) is 0. The molecule has 0 fully saturated rings. The highest BCUT2D eigenvalue weighted by Crippen LogP contribution is 1.97. The average molecular weight is 334 g/mol. The van der Waals surface area contributed by atoms with Crippen LogP contribution in [0.2, 0.25) is 0 Å². The zero-order chi connectivity index (χ0) is 17.1. The van der Waals surface area contributed by atoms with Crippen molar-refractivity contribution in [2.24, 2.45) is 5.73 Å². The Morgan fingerprint density at radius 3 is 2.05 bits per heavy atom. The van der Waals surface area contributed by atoms with E-state index in [1.807, 2.05) is 0 Å². The van der Waals surface area contributed by atoms with Gasteiger partial charge in [-0.25, -0.2) is 4.79 Å². The summed E-state index contributed by atoms with van der Waals surface area (Å²) in [6.07, 6.45) is -0.346. The molecular formula is C11H18N4O6S. The summed E-state index contributed by atoms with van der Waals surface area (Å²) in [5.74, 6) is -3.88.